The van der Waals surface area contributed by atoms with Crippen molar-refractivity contribution < 1.29 is 23.1 Å². The largest absolute Gasteiger partial charge is 0.497 e. The van der Waals surface area contributed by atoms with Crippen LogP contribution in [0.5, 0.6) is 5.75 Å². The van der Waals surface area contributed by atoms with Crippen molar-refractivity contribution in [3.8, 4) is 5.75 Å². The molecule has 0 fully saturated rings. The number of carboxylic acids is 1. The summed E-state index contributed by atoms with van der Waals surface area (Å²) in [5, 5.41) is 8.81. The molecule has 0 saturated heterocycles. The van der Waals surface area contributed by atoms with Gasteiger partial charge in [0, 0.05) is 13.1 Å². The van der Waals surface area contributed by atoms with E-state index in [1.54, 1.807) is 7.11 Å². The van der Waals surface area contributed by atoms with Gasteiger partial charge >= 0.3 is 5.97 Å². The van der Waals surface area contributed by atoms with E-state index in [4.69, 9.17) is 9.84 Å². The molecule has 7 heteroatoms. The quantitative estimate of drug-likeness (QED) is 0.665. The highest BCUT2D eigenvalue weighted by Gasteiger charge is 2.21. The Morgan fingerprint density at radius 2 is 1.87 bits per heavy atom. The maximum absolute atomic E-state index is 12.3. The summed E-state index contributed by atoms with van der Waals surface area (Å²) in [6.45, 7) is 2.22. The third kappa shape index (κ3) is 7.00. The van der Waals surface area contributed by atoms with Gasteiger partial charge in [0.2, 0.25) is 10.0 Å². The first-order valence-electron chi connectivity index (χ1n) is 7.71. The second-order valence-electron chi connectivity index (χ2n) is 5.31. The van der Waals surface area contributed by atoms with Crippen LogP contribution in [0.3, 0.4) is 0 Å². The van der Waals surface area contributed by atoms with E-state index in [-0.39, 0.29) is 25.3 Å². The van der Waals surface area contributed by atoms with Crippen LogP contribution < -0.4 is 4.74 Å². The Hall–Kier alpha value is -1.60. The minimum absolute atomic E-state index is 0.0114. The number of sulfonamides is 1. The zero-order valence-electron chi connectivity index (χ0n) is 13.7. The van der Waals surface area contributed by atoms with Gasteiger partial charge in [0.1, 0.15) is 5.75 Å². The molecule has 0 aliphatic carbocycles. The number of carboxylic acid groups (broad SMARTS) is 1. The van der Waals surface area contributed by atoms with Crippen molar-refractivity contribution in [2.24, 2.45) is 0 Å². The molecule has 0 spiro atoms. The number of aliphatic carboxylic acids is 1. The molecule has 1 rings (SSSR count). The highest BCUT2D eigenvalue weighted by atomic mass is 32.2. The number of hydrogen-bond donors (Lipinski definition) is 1. The van der Waals surface area contributed by atoms with E-state index in [2.05, 4.69) is 0 Å². The Bertz CT molecular complexity index is 583. The van der Waals surface area contributed by atoms with E-state index >= 15 is 0 Å². The van der Waals surface area contributed by atoms with Gasteiger partial charge in [-0.1, -0.05) is 25.5 Å². The summed E-state index contributed by atoms with van der Waals surface area (Å²) < 4.78 is 31.1. The third-order valence-corrected chi connectivity index (χ3v) is 5.49. The predicted octanol–water partition coefficient (Wildman–Crippen LogP) is 2.14. The molecule has 1 N–H and O–H groups in total. The zero-order chi connectivity index (χ0) is 17.3. The predicted molar refractivity (Wildman–Crippen MR) is 89.2 cm³/mol. The van der Waals surface area contributed by atoms with Crippen molar-refractivity contribution in [1.82, 2.24) is 4.31 Å². The van der Waals surface area contributed by atoms with Crippen LogP contribution in [0, 0.1) is 0 Å². The highest BCUT2D eigenvalue weighted by Crippen LogP contribution is 2.13. The standard InChI is InChI=1S/C16H25NO5S/c1-3-4-13-23(20,21)17(12-10-16(18)19)11-9-14-5-7-15(22-2)8-6-14/h5-8H,3-4,9-13H2,1-2H3,(H,18,19). The molecule has 0 aliphatic rings. The molecule has 0 amide bonds. The van der Waals surface area contributed by atoms with Crippen LogP contribution in [0.2, 0.25) is 0 Å². The topological polar surface area (TPSA) is 83.9 Å². The molecule has 0 saturated carbocycles. The lowest BCUT2D eigenvalue weighted by atomic mass is 10.1. The maximum atomic E-state index is 12.3. The van der Waals surface area contributed by atoms with Gasteiger partial charge in [-0.2, -0.15) is 0 Å². The summed E-state index contributed by atoms with van der Waals surface area (Å²) in [6, 6.07) is 7.41. The third-order valence-electron chi connectivity index (χ3n) is 3.53. The van der Waals surface area contributed by atoms with Gasteiger partial charge in [0.15, 0.2) is 0 Å². The fraction of sp³-hybridized carbons (Fsp3) is 0.562. The van der Waals surface area contributed by atoms with Crippen molar-refractivity contribution in [1.29, 1.82) is 0 Å². The molecule has 0 radical (unpaired) electrons. The SMILES string of the molecule is CCCCS(=O)(=O)N(CCC(=O)O)CCc1ccc(OC)cc1. The Labute approximate surface area is 138 Å². The zero-order valence-corrected chi connectivity index (χ0v) is 14.5. The summed E-state index contributed by atoms with van der Waals surface area (Å²) >= 11 is 0. The molecule has 6 nitrogen and oxygen atoms in total. The van der Waals surface area contributed by atoms with Gasteiger partial charge in [-0.25, -0.2) is 12.7 Å². The molecule has 0 bridgehead atoms. The Morgan fingerprint density at radius 3 is 2.39 bits per heavy atom. The van der Waals surface area contributed by atoms with Crippen molar-refractivity contribution in [2.75, 3.05) is 26.0 Å². The van der Waals surface area contributed by atoms with E-state index < -0.39 is 16.0 Å². The lowest BCUT2D eigenvalue weighted by molar-refractivity contribution is -0.137. The van der Waals surface area contributed by atoms with Crippen molar-refractivity contribution in [3.05, 3.63) is 29.8 Å². The molecule has 0 unspecified atom stereocenters. The normalized spacial score (nSPS) is 11.6. The number of benzene rings is 1. The van der Waals surface area contributed by atoms with Crippen LogP contribution in [0.25, 0.3) is 0 Å². The minimum Gasteiger partial charge on any atom is -0.497 e. The van der Waals surface area contributed by atoms with Crippen LogP contribution in [-0.2, 0) is 21.2 Å². The summed E-state index contributed by atoms with van der Waals surface area (Å²) in [5.74, 6) is -0.191. The lowest BCUT2D eigenvalue weighted by Gasteiger charge is -2.21. The molecule has 130 valence electrons. The Morgan fingerprint density at radius 1 is 1.22 bits per heavy atom. The molecule has 0 aromatic heterocycles. The Kier molecular flexibility index (Phi) is 8.05. The van der Waals surface area contributed by atoms with Crippen molar-refractivity contribution in [3.63, 3.8) is 0 Å². The minimum atomic E-state index is -3.42. The summed E-state index contributed by atoms with van der Waals surface area (Å²) in [5.41, 5.74) is 0.983. The van der Waals surface area contributed by atoms with E-state index in [1.807, 2.05) is 31.2 Å². The average molecular weight is 343 g/mol. The molecule has 1 aromatic rings. The first-order chi connectivity index (χ1) is 10.9. The van der Waals surface area contributed by atoms with Crippen LogP contribution in [-0.4, -0.2) is 49.8 Å². The van der Waals surface area contributed by atoms with Gasteiger partial charge in [0.05, 0.1) is 19.3 Å². The summed E-state index contributed by atoms with van der Waals surface area (Å²) in [4.78, 5) is 10.8. The number of carbonyl (C=O) groups is 1. The number of unbranched alkanes of at least 4 members (excludes halogenated alkanes) is 1. The number of rotatable bonds is 11. The lowest BCUT2D eigenvalue weighted by Crippen LogP contribution is -2.36. The first-order valence-corrected chi connectivity index (χ1v) is 9.32. The smallest absolute Gasteiger partial charge is 0.304 e. The molecular weight excluding hydrogens is 318 g/mol. The van der Waals surface area contributed by atoms with Crippen molar-refractivity contribution in [2.45, 2.75) is 32.6 Å². The molecule has 23 heavy (non-hydrogen) atoms. The van der Waals surface area contributed by atoms with Gasteiger partial charge in [0.25, 0.3) is 0 Å². The van der Waals surface area contributed by atoms with Crippen molar-refractivity contribution >= 4 is 16.0 Å². The van der Waals surface area contributed by atoms with Crippen LogP contribution in [0.4, 0.5) is 0 Å². The van der Waals surface area contributed by atoms with E-state index in [9.17, 15) is 13.2 Å². The number of ether oxygens (including phenoxy) is 1. The highest BCUT2D eigenvalue weighted by molar-refractivity contribution is 7.89. The number of nitrogens with zero attached hydrogens (tertiary/aromatic N) is 1. The first kappa shape index (κ1) is 19.4. The van der Waals surface area contributed by atoms with Crippen LogP contribution in [0.1, 0.15) is 31.7 Å². The van der Waals surface area contributed by atoms with Gasteiger partial charge in [-0.05, 0) is 30.5 Å². The van der Waals surface area contributed by atoms with Gasteiger partial charge in [-0.15, -0.1) is 0 Å². The summed E-state index contributed by atoms with van der Waals surface area (Å²) in [7, 11) is -1.83. The second kappa shape index (κ2) is 9.52. The Balaban J connectivity index is 2.72. The fourth-order valence-electron chi connectivity index (χ4n) is 2.11. The molecular formula is C16H25NO5S. The van der Waals surface area contributed by atoms with E-state index in [0.717, 1.165) is 17.7 Å². The van der Waals surface area contributed by atoms with E-state index in [1.165, 1.54) is 4.31 Å². The summed E-state index contributed by atoms with van der Waals surface area (Å²) in [6.07, 6.45) is 1.71. The number of methoxy groups -OCH3 is 1. The van der Waals surface area contributed by atoms with E-state index in [0.29, 0.717) is 12.8 Å². The molecule has 1 aromatic carbocycles. The monoisotopic (exact) mass is 343 g/mol. The maximum Gasteiger partial charge on any atom is 0.304 e. The molecule has 0 heterocycles. The molecule has 0 aliphatic heterocycles. The van der Waals surface area contributed by atoms with Gasteiger partial charge < -0.3 is 9.84 Å². The van der Waals surface area contributed by atoms with Crippen LogP contribution in [0.15, 0.2) is 24.3 Å². The van der Waals surface area contributed by atoms with Crippen LogP contribution >= 0.6 is 0 Å². The number of hydrogen-bond acceptors (Lipinski definition) is 4. The molecule has 0 atom stereocenters. The van der Waals surface area contributed by atoms with Gasteiger partial charge in [-0.3, -0.25) is 4.79 Å². The second-order valence-corrected chi connectivity index (χ2v) is 7.40. The fourth-order valence-corrected chi connectivity index (χ4v) is 3.76. The average Bonchev–Trinajstić information content (AvgIpc) is 2.53.